The number of hydrogen-bond acceptors (Lipinski definition) is 9. The Balaban J connectivity index is 2.99. The lowest BCUT2D eigenvalue weighted by Crippen LogP contribution is -2.60. The van der Waals surface area contributed by atoms with Gasteiger partial charge in [-0.3, -0.25) is 34.8 Å². The lowest BCUT2D eigenvalue weighted by Gasteiger charge is -2.23. The van der Waals surface area contributed by atoms with Crippen molar-refractivity contribution in [1.82, 2.24) is 32.1 Å². The van der Waals surface area contributed by atoms with Crippen molar-refractivity contribution >= 4 is 35.6 Å². The van der Waals surface area contributed by atoms with E-state index in [1.807, 2.05) is 5.43 Å². The van der Waals surface area contributed by atoms with Gasteiger partial charge in [-0.2, -0.15) is 0 Å². The Labute approximate surface area is 200 Å². The van der Waals surface area contributed by atoms with E-state index in [1.165, 1.54) is 6.92 Å². The molecule has 1 heterocycles. The van der Waals surface area contributed by atoms with E-state index < -0.39 is 66.3 Å². The van der Waals surface area contributed by atoms with Gasteiger partial charge >= 0.3 is 12.0 Å². The third-order valence-electron chi connectivity index (χ3n) is 4.57. The van der Waals surface area contributed by atoms with E-state index in [9.17, 15) is 33.9 Å². The highest BCUT2D eigenvalue weighted by atomic mass is 16.5. The van der Waals surface area contributed by atoms with E-state index in [0.29, 0.717) is 0 Å². The predicted molar refractivity (Wildman–Crippen MR) is 116 cm³/mol. The third kappa shape index (κ3) is 11.5. The zero-order valence-electron chi connectivity index (χ0n) is 19.4. The highest BCUT2D eigenvalue weighted by Gasteiger charge is 2.29. The van der Waals surface area contributed by atoms with Gasteiger partial charge in [0, 0.05) is 6.54 Å². The second-order valence-corrected chi connectivity index (χ2v) is 7.45. The molecule has 1 fully saturated rings. The van der Waals surface area contributed by atoms with Gasteiger partial charge in [0.25, 0.3) is 11.8 Å². The molecule has 0 spiro atoms. The van der Waals surface area contributed by atoms with E-state index in [0.717, 1.165) is 0 Å². The number of urea groups is 1. The van der Waals surface area contributed by atoms with Gasteiger partial charge in [-0.15, -0.1) is 0 Å². The standard InChI is InChI=1S/C19H32N6O10/c1-3-11-16(30)24-25-17(31)12(8-14(28)29)22-19(33)23-15(10(2)26)18(32)20-4-5-34-6-7-35-9-13(27)21-11/h10-12,15,26H,3-9H2,1-2H3,(H,20,32)(H,21,27)(H,24,30)(H,25,31)(H,28,29)(H2,22,23,33)/t10?,11-,12-,15-/m0/s1. The minimum absolute atomic E-state index is 0.0296. The van der Waals surface area contributed by atoms with E-state index in [1.54, 1.807) is 6.92 Å². The minimum Gasteiger partial charge on any atom is -0.481 e. The quantitative estimate of drug-likeness (QED) is 0.185. The number of carbonyl (C=O) groups excluding carboxylic acids is 5. The number of carbonyl (C=O) groups is 6. The number of carboxylic acid groups (broad SMARTS) is 1. The summed E-state index contributed by atoms with van der Waals surface area (Å²) in [6.45, 7) is 2.76. The summed E-state index contributed by atoms with van der Waals surface area (Å²) in [6.07, 6.45) is -2.03. The Hall–Kier alpha value is -3.50. The van der Waals surface area contributed by atoms with E-state index in [2.05, 4.69) is 26.7 Å². The molecule has 8 N–H and O–H groups in total. The number of aliphatic hydroxyl groups excluding tert-OH is 1. The Morgan fingerprint density at radius 3 is 2.17 bits per heavy atom. The number of aliphatic carboxylic acids is 1. The number of amides is 6. The van der Waals surface area contributed by atoms with Crippen molar-refractivity contribution in [2.75, 3.05) is 33.0 Å². The monoisotopic (exact) mass is 504 g/mol. The summed E-state index contributed by atoms with van der Waals surface area (Å²) in [7, 11) is 0. The lowest BCUT2D eigenvalue weighted by molar-refractivity contribution is -0.140. The molecule has 0 bridgehead atoms. The lowest BCUT2D eigenvalue weighted by atomic mass is 10.1. The van der Waals surface area contributed by atoms with Crippen LogP contribution in [-0.2, 0) is 33.4 Å². The number of nitrogens with one attached hydrogen (secondary N) is 6. The van der Waals surface area contributed by atoms with E-state index in [-0.39, 0.29) is 39.4 Å². The SMILES string of the molecule is CC[C@@H]1NC(=O)COCCOCCNC(=O)[C@H](C(C)O)NC(=O)N[C@@H](CC(=O)O)C(=O)NNC1=O. The number of rotatable bonds is 4. The molecule has 4 atom stereocenters. The van der Waals surface area contributed by atoms with Crippen LogP contribution in [0, 0.1) is 0 Å². The van der Waals surface area contributed by atoms with Gasteiger partial charge in [-0.1, -0.05) is 6.92 Å². The molecule has 16 nitrogen and oxygen atoms in total. The van der Waals surface area contributed by atoms with Crippen LogP contribution in [0.3, 0.4) is 0 Å². The summed E-state index contributed by atoms with van der Waals surface area (Å²) in [5.41, 5.74) is 4.04. The summed E-state index contributed by atoms with van der Waals surface area (Å²) in [5, 5.41) is 28.1. The molecule has 198 valence electrons. The number of carboxylic acids is 1. The fourth-order valence-electron chi connectivity index (χ4n) is 2.76. The Morgan fingerprint density at radius 1 is 0.943 bits per heavy atom. The van der Waals surface area contributed by atoms with Gasteiger partial charge in [0.2, 0.25) is 11.8 Å². The van der Waals surface area contributed by atoms with Crippen LogP contribution in [0.5, 0.6) is 0 Å². The van der Waals surface area contributed by atoms with Crippen molar-refractivity contribution < 1.29 is 48.5 Å². The minimum atomic E-state index is -1.66. The fourth-order valence-corrected chi connectivity index (χ4v) is 2.76. The first-order chi connectivity index (χ1) is 16.5. The van der Waals surface area contributed by atoms with Crippen LogP contribution < -0.4 is 32.1 Å². The molecule has 1 rings (SSSR count). The van der Waals surface area contributed by atoms with Crippen molar-refractivity contribution in [2.45, 2.75) is 50.9 Å². The van der Waals surface area contributed by atoms with Crippen molar-refractivity contribution in [3.05, 3.63) is 0 Å². The average molecular weight is 504 g/mol. The molecule has 1 aliphatic heterocycles. The van der Waals surface area contributed by atoms with Gasteiger partial charge in [0.05, 0.1) is 32.3 Å². The molecule has 35 heavy (non-hydrogen) atoms. The maximum absolute atomic E-state index is 12.4. The zero-order valence-corrected chi connectivity index (χ0v) is 19.4. The average Bonchev–Trinajstić information content (AvgIpc) is 2.79. The van der Waals surface area contributed by atoms with Gasteiger partial charge in [0.15, 0.2) is 0 Å². The third-order valence-corrected chi connectivity index (χ3v) is 4.57. The highest BCUT2D eigenvalue weighted by Crippen LogP contribution is 1.98. The predicted octanol–water partition coefficient (Wildman–Crippen LogP) is -3.92. The van der Waals surface area contributed by atoms with Crippen LogP contribution in [0.1, 0.15) is 26.7 Å². The van der Waals surface area contributed by atoms with Crippen LogP contribution in [0.4, 0.5) is 4.79 Å². The molecule has 0 radical (unpaired) electrons. The van der Waals surface area contributed by atoms with Crippen molar-refractivity contribution in [1.29, 1.82) is 0 Å². The number of aliphatic hydroxyl groups is 1. The first-order valence-corrected chi connectivity index (χ1v) is 10.8. The molecule has 1 unspecified atom stereocenters. The molecule has 16 heteroatoms. The molecule has 0 aromatic rings. The maximum Gasteiger partial charge on any atom is 0.316 e. The molecular weight excluding hydrogens is 472 g/mol. The molecule has 0 aromatic carbocycles. The largest absolute Gasteiger partial charge is 0.481 e. The van der Waals surface area contributed by atoms with Crippen molar-refractivity contribution in [3.8, 4) is 0 Å². The van der Waals surface area contributed by atoms with Gasteiger partial charge in [-0.25, -0.2) is 4.79 Å². The van der Waals surface area contributed by atoms with Crippen LogP contribution in [0.2, 0.25) is 0 Å². The van der Waals surface area contributed by atoms with Crippen molar-refractivity contribution in [3.63, 3.8) is 0 Å². The number of ether oxygens (including phenoxy) is 2. The van der Waals surface area contributed by atoms with Crippen LogP contribution in [-0.4, -0.2) is 103 Å². The van der Waals surface area contributed by atoms with Crippen LogP contribution in [0.15, 0.2) is 0 Å². The Morgan fingerprint density at radius 2 is 1.57 bits per heavy atom. The smallest absolute Gasteiger partial charge is 0.316 e. The fraction of sp³-hybridized carbons (Fsp3) is 0.684. The van der Waals surface area contributed by atoms with Crippen LogP contribution in [0.25, 0.3) is 0 Å². The molecule has 0 aliphatic carbocycles. The molecule has 1 aliphatic rings. The summed E-state index contributed by atoms with van der Waals surface area (Å²) in [4.78, 5) is 72.5. The molecule has 0 saturated carbocycles. The summed E-state index contributed by atoms with van der Waals surface area (Å²) in [5.74, 6) is -4.67. The van der Waals surface area contributed by atoms with E-state index >= 15 is 0 Å². The van der Waals surface area contributed by atoms with Crippen molar-refractivity contribution in [2.24, 2.45) is 0 Å². The summed E-state index contributed by atoms with van der Waals surface area (Å²) < 4.78 is 10.4. The molecule has 6 amide bonds. The molecular formula is C19H32N6O10. The first kappa shape index (κ1) is 29.5. The first-order valence-electron chi connectivity index (χ1n) is 10.8. The second kappa shape index (κ2) is 15.4. The number of hydrogen-bond donors (Lipinski definition) is 8. The summed E-state index contributed by atoms with van der Waals surface area (Å²) >= 11 is 0. The summed E-state index contributed by atoms with van der Waals surface area (Å²) in [6, 6.07) is -5.23. The highest BCUT2D eigenvalue weighted by molar-refractivity contribution is 5.94. The van der Waals surface area contributed by atoms with Gasteiger partial charge < -0.3 is 41.0 Å². The zero-order chi connectivity index (χ0) is 26.4. The van der Waals surface area contributed by atoms with Crippen LogP contribution >= 0.6 is 0 Å². The Kier molecular flexibility index (Phi) is 13.0. The number of hydrazine groups is 1. The maximum atomic E-state index is 12.4. The molecule has 1 saturated heterocycles. The van der Waals surface area contributed by atoms with Gasteiger partial charge in [-0.05, 0) is 13.3 Å². The normalized spacial score (nSPS) is 25.3. The topological polar surface area (TPSA) is 234 Å². The van der Waals surface area contributed by atoms with Gasteiger partial charge in [0.1, 0.15) is 24.7 Å². The van der Waals surface area contributed by atoms with E-state index in [4.69, 9.17) is 14.6 Å². The molecule has 0 aromatic heterocycles. The second-order valence-electron chi connectivity index (χ2n) is 7.45. The Bertz CT molecular complexity index is 777.